The van der Waals surface area contributed by atoms with Crippen molar-refractivity contribution >= 4 is 0 Å². The van der Waals surface area contributed by atoms with E-state index < -0.39 is 0 Å². The zero-order chi connectivity index (χ0) is 9.52. The van der Waals surface area contributed by atoms with E-state index in [0.717, 1.165) is 24.9 Å². The number of likely N-dealkylation sites (N-methyl/N-ethyl adjacent to an activating group) is 1. The van der Waals surface area contributed by atoms with Crippen LogP contribution in [0.1, 0.15) is 39.5 Å². The van der Waals surface area contributed by atoms with Gasteiger partial charge < -0.3 is 5.32 Å². The molecule has 0 bridgehead atoms. The van der Waals surface area contributed by atoms with Gasteiger partial charge in [-0.2, -0.15) is 0 Å². The van der Waals surface area contributed by atoms with Crippen molar-refractivity contribution in [3.05, 3.63) is 12.2 Å². The molecule has 0 aromatic rings. The molecule has 0 saturated heterocycles. The van der Waals surface area contributed by atoms with E-state index in [9.17, 15) is 0 Å². The number of rotatable bonds is 4. The summed E-state index contributed by atoms with van der Waals surface area (Å²) in [5.74, 6) is 1.84. The molecular weight excluding hydrogens is 158 g/mol. The Labute approximate surface area is 82.6 Å². The van der Waals surface area contributed by atoms with E-state index in [-0.39, 0.29) is 0 Å². The van der Waals surface area contributed by atoms with Gasteiger partial charge in [0, 0.05) is 6.54 Å². The van der Waals surface area contributed by atoms with Crippen LogP contribution in [0, 0.1) is 11.8 Å². The molecule has 13 heavy (non-hydrogen) atoms. The third-order valence-electron chi connectivity index (χ3n) is 2.98. The molecule has 76 valence electrons. The summed E-state index contributed by atoms with van der Waals surface area (Å²) in [6, 6.07) is 0. The summed E-state index contributed by atoms with van der Waals surface area (Å²) < 4.78 is 0. The number of allylic oxidation sites excluding steroid dienone is 1. The second-order valence-corrected chi connectivity index (χ2v) is 4.26. The Morgan fingerprint density at radius 3 is 2.54 bits per heavy atom. The van der Waals surface area contributed by atoms with Crippen LogP contribution >= 0.6 is 0 Å². The van der Waals surface area contributed by atoms with Crippen LogP contribution < -0.4 is 5.32 Å². The summed E-state index contributed by atoms with van der Waals surface area (Å²) in [5.41, 5.74) is 0. The molecule has 1 nitrogen and oxygen atoms in total. The average Bonchev–Trinajstić information content (AvgIpc) is 2.15. The van der Waals surface area contributed by atoms with E-state index in [0.29, 0.717) is 0 Å². The summed E-state index contributed by atoms with van der Waals surface area (Å²) in [4.78, 5) is 0. The fourth-order valence-electron chi connectivity index (χ4n) is 1.97. The second kappa shape index (κ2) is 6.20. The van der Waals surface area contributed by atoms with Crippen molar-refractivity contribution in [2.75, 3.05) is 13.1 Å². The normalized spacial score (nSPS) is 29.7. The van der Waals surface area contributed by atoms with Crippen LogP contribution in [0.25, 0.3) is 0 Å². The highest BCUT2D eigenvalue weighted by atomic mass is 14.8. The van der Waals surface area contributed by atoms with Gasteiger partial charge in [0.15, 0.2) is 0 Å². The summed E-state index contributed by atoms with van der Waals surface area (Å²) in [6.45, 7) is 6.64. The first-order chi connectivity index (χ1) is 6.33. The van der Waals surface area contributed by atoms with E-state index >= 15 is 0 Å². The molecular formula is C12H23N. The smallest absolute Gasteiger partial charge is 0.0134 e. The van der Waals surface area contributed by atoms with E-state index in [1.807, 2.05) is 0 Å². The molecule has 0 amide bonds. The van der Waals surface area contributed by atoms with Gasteiger partial charge in [0.1, 0.15) is 0 Å². The molecule has 1 N–H and O–H groups in total. The van der Waals surface area contributed by atoms with Crippen LogP contribution in [0.4, 0.5) is 0 Å². The Morgan fingerprint density at radius 1 is 1.23 bits per heavy atom. The molecule has 0 aromatic heterocycles. The lowest BCUT2D eigenvalue weighted by molar-refractivity contribution is 0.330. The molecule has 0 heterocycles. The fourth-order valence-corrected chi connectivity index (χ4v) is 1.97. The molecule has 0 unspecified atom stereocenters. The predicted molar refractivity (Wildman–Crippen MR) is 58.8 cm³/mol. The van der Waals surface area contributed by atoms with Crippen molar-refractivity contribution in [3.63, 3.8) is 0 Å². The van der Waals surface area contributed by atoms with E-state index in [1.165, 1.54) is 25.7 Å². The topological polar surface area (TPSA) is 12.0 Å². The molecule has 1 aliphatic carbocycles. The summed E-state index contributed by atoms with van der Waals surface area (Å²) in [6.07, 6.45) is 10.4. The van der Waals surface area contributed by atoms with Gasteiger partial charge in [0.2, 0.25) is 0 Å². The average molecular weight is 181 g/mol. The van der Waals surface area contributed by atoms with Gasteiger partial charge in [-0.3, -0.25) is 0 Å². The van der Waals surface area contributed by atoms with Gasteiger partial charge in [0.25, 0.3) is 0 Å². The van der Waals surface area contributed by atoms with E-state index in [2.05, 4.69) is 31.3 Å². The Kier molecular flexibility index (Phi) is 5.14. The highest BCUT2D eigenvalue weighted by Gasteiger charge is 2.15. The second-order valence-electron chi connectivity index (χ2n) is 4.26. The van der Waals surface area contributed by atoms with Gasteiger partial charge in [0.05, 0.1) is 0 Å². The SMILES string of the molecule is CCNCC=CC1CCC(C)CC1. The molecule has 1 heteroatoms. The van der Waals surface area contributed by atoms with Gasteiger partial charge in [-0.25, -0.2) is 0 Å². The third kappa shape index (κ3) is 4.47. The van der Waals surface area contributed by atoms with Crippen molar-refractivity contribution in [3.8, 4) is 0 Å². The van der Waals surface area contributed by atoms with Crippen molar-refractivity contribution in [2.45, 2.75) is 39.5 Å². The Hall–Kier alpha value is -0.300. The first-order valence-corrected chi connectivity index (χ1v) is 5.70. The standard InChI is InChI=1S/C12H23N/c1-3-13-10-4-5-12-8-6-11(2)7-9-12/h4-5,11-13H,3,6-10H2,1-2H3. The van der Waals surface area contributed by atoms with Crippen molar-refractivity contribution < 1.29 is 0 Å². The van der Waals surface area contributed by atoms with Crippen LogP contribution in [0.3, 0.4) is 0 Å². The molecule has 0 spiro atoms. The minimum Gasteiger partial charge on any atom is -0.314 e. The first-order valence-electron chi connectivity index (χ1n) is 5.70. The molecule has 0 aromatic carbocycles. The number of hydrogen-bond acceptors (Lipinski definition) is 1. The van der Waals surface area contributed by atoms with Crippen LogP contribution in [-0.4, -0.2) is 13.1 Å². The third-order valence-corrected chi connectivity index (χ3v) is 2.98. The Morgan fingerprint density at radius 2 is 1.92 bits per heavy atom. The minimum atomic E-state index is 0.870. The first kappa shape index (κ1) is 10.8. The maximum Gasteiger partial charge on any atom is 0.0134 e. The molecule has 1 fully saturated rings. The predicted octanol–water partition coefficient (Wildman–Crippen LogP) is 2.98. The molecule has 0 radical (unpaired) electrons. The van der Waals surface area contributed by atoms with Crippen LogP contribution in [0.15, 0.2) is 12.2 Å². The van der Waals surface area contributed by atoms with E-state index in [1.54, 1.807) is 0 Å². The zero-order valence-corrected chi connectivity index (χ0v) is 9.05. The fraction of sp³-hybridized carbons (Fsp3) is 0.833. The van der Waals surface area contributed by atoms with Crippen LogP contribution in [-0.2, 0) is 0 Å². The molecule has 1 saturated carbocycles. The van der Waals surface area contributed by atoms with Crippen molar-refractivity contribution in [1.29, 1.82) is 0 Å². The van der Waals surface area contributed by atoms with Crippen molar-refractivity contribution in [2.24, 2.45) is 11.8 Å². The molecule has 0 atom stereocenters. The monoisotopic (exact) mass is 181 g/mol. The summed E-state index contributed by atoms with van der Waals surface area (Å²) in [5, 5.41) is 3.31. The minimum absolute atomic E-state index is 0.870. The van der Waals surface area contributed by atoms with Crippen LogP contribution in [0.5, 0.6) is 0 Å². The molecule has 0 aliphatic heterocycles. The summed E-state index contributed by atoms with van der Waals surface area (Å²) in [7, 11) is 0. The highest BCUT2D eigenvalue weighted by Crippen LogP contribution is 2.28. The van der Waals surface area contributed by atoms with Gasteiger partial charge >= 0.3 is 0 Å². The lowest BCUT2D eigenvalue weighted by Gasteiger charge is -2.23. The van der Waals surface area contributed by atoms with E-state index in [4.69, 9.17) is 0 Å². The Bertz CT molecular complexity index is 143. The number of hydrogen-bond donors (Lipinski definition) is 1. The number of nitrogens with one attached hydrogen (secondary N) is 1. The summed E-state index contributed by atoms with van der Waals surface area (Å²) >= 11 is 0. The van der Waals surface area contributed by atoms with Gasteiger partial charge in [-0.15, -0.1) is 0 Å². The van der Waals surface area contributed by atoms with Crippen LogP contribution in [0.2, 0.25) is 0 Å². The maximum absolute atomic E-state index is 3.31. The van der Waals surface area contributed by atoms with Gasteiger partial charge in [-0.05, 0) is 31.2 Å². The largest absolute Gasteiger partial charge is 0.314 e. The highest BCUT2D eigenvalue weighted by molar-refractivity contribution is 4.91. The lowest BCUT2D eigenvalue weighted by Crippen LogP contribution is -2.13. The van der Waals surface area contributed by atoms with Gasteiger partial charge in [-0.1, -0.05) is 38.8 Å². The molecule has 1 aliphatic rings. The zero-order valence-electron chi connectivity index (χ0n) is 9.05. The lowest BCUT2D eigenvalue weighted by atomic mass is 9.83. The Balaban J connectivity index is 2.11. The maximum atomic E-state index is 3.31. The molecule has 1 rings (SSSR count). The quantitative estimate of drug-likeness (QED) is 0.519. The van der Waals surface area contributed by atoms with Crippen molar-refractivity contribution in [1.82, 2.24) is 5.32 Å².